The number of nitrogens with zero attached hydrogens (tertiary/aromatic N) is 2. The molecule has 55 heavy (non-hydrogen) atoms. The van der Waals surface area contributed by atoms with Gasteiger partial charge in [0.2, 0.25) is 19.5 Å². The SMILES string of the molecule is Cc1cc(C(C)(C)C)cc(C)c1N1c2cc(C(C)C)cc3c2B(c2cc4c(cc2N3c2ccc3c(c2)OCO3)OCO4)c2c1oc1ccc(C(C)(C)C)cc21. The van der Waals surface area contributed by atoms with Gasteiger partial charge < -0.3 is 28.3 Å². The number of hydrogen-bond donors (Lipinski definition) is 0. The number of furan rings is 1. The summed E-state index contributed by atoms with van der Waals surface area (Å²) in [5.74, 6) is 4.10. The summed E-state index contributed by atoms with van der Waals surface area (Å²) >= 11 is 0. The average molecular weight is 731 g/mol. The third-order valence-electron chi connectivity index (χ3n) is 11.9. The molecule has 0 N–H and O–H groups in total. The van der Waals surface area contributed by atoms with Crippen LogP contribution in [-0.2, 0) is 10.8 Å². The average Bonchev–Trinajstić information content (AvgIpc) is 3.88. The van der Waals surface area contributed by atoms with Gasteiger partial charge in [-0.05, 0) is 112 Å². The number of fused-ring (bicyclic) bond motifs is 8. The smallest absolute Gasteiger partial charge is 0.257 e. The van der Waals surface area contributed by atoms with Gasteiger partial charge in [-0.1, -0.05) is 73.6 Å². The molecule has 0 spiro atoms. The summed E-state index contributed by atoms with van der Waals surface area (Å²) in [4.78, 5) is 4.81. The van der Waals surface area contributed by atoms with Crippen molar-refractivity contribution in [3.05, 3.63) is 101 Å². The molecule has 0 fully saturated rings. The van der Waals surface area contributed by atoms with Crippen LogP contribution in [0.4, 0.5) is 34.3 Å². The van der Waals surface area contributed by atoms with E-state index in [1.165, 1.54) is 33.3 Å². The molecule has 4 aliphatic rings. The summed E-state index contributed by atoms with van der Waals surface area (Å²) in [6.45, 7) is 23.0. The molecule has 0 bridgehead atoms. The minimum absolute atomic E-state index is 0.00647. The summed E-state index contributed by atoms with van der Waals surface area (Å²) in [7, 11) is 0. The predicted octanol–water partition coefficient (Wildman–Crippen LogP) is 10.3. The molecule has 4 aliphatic heterocycles. The van der Waals surface area contributed by atoms with Gasteiger partial charge in [-0.15, -0.1) is 0 Å². The van der Waals surface area contributed by atoms with E-state index in [1.54, 1.807) is 0 Å². The monoisotopic (exact) mass is 730 g/mol. The van der Waals surface area contributed by atoms with Crippen molar-refractivity contribution in [2.45, 2.75) is 86.0 Å². The third-order valence-corrected chi connectivity index (χ3v) is 11.9. The van der Waals surface area contributed by atoms with Crippen molar-refractivity contribution >= 4 is 68.4 Å². The molecule has 0 aliphatic carbocycles. The summed E-state index contributed by atoms with van der Waals surface area (Å²) in [5.41, 5.74) is 16.0. The predicted molar refractivity (Wildman–Crippen MR) is 223 cm³/mol. The van der Waals surface area contributed by atoms with Crippen LogP contribution in [0.25, 0.3) is 11.0 Å². The Balaban J connectivity index is 1.35. The maximum absolute atomic E-state index is 7.18. The summed E-state index contributed by atoms with van der Waals surface area (Å²) in [6.07, 6.45) is 0. The Hall–Kier alpha value is -5.50. The lowest BCUT2D eigenvalue weighted by Gasteiger charge is -2.43. The third kappa shape index (κ3) is 5.02. The van der Waals surface area contributed by atoms with Gasteiger partial charge in [0.1, 0.15) is 5.58 Å². The molecule has 7 nitrogen and oxygen atoms in total. The zero-order valence-electron chi connectivity index (χ0n) is 33.4. The normalized spacial score (nSPS) is 15.2. The fourth-order valence-corrected chi connectivity index (χ4v) is 8.99. The molecule has 10 rings (SSSR count). The fraction of sp³-hybridized carbons (Fsp3) is 0.319. The minimum atomic E-state index is -0.154. The van der Waals surface area contributed by atoms with E-state index >= 15 is 0 Å². The quantitative estimate of drug-likeness (QED) is 0.168. The van der Waals surface area contributed by atoms with E-state index in [-0.39, 0.29) is 37.0 Å². The highest BCUT2D eigenvalue weighted by atomic mass is 16.7. The standard InChI is InChI=1S/C47H47BN2O5/c1-25(2)28-17-35-43-36(18-28)50(44-26(3)15-30(16-27(44)4)47(8,9)10)45-42(32-19-29(46(5,6)7)11-13-37(32)55-45)48(43)33-21-40-41(54-24-53-40)22-34(33)49(35)31-12-14-38-39(20-31)52-23-51-38/h11-22,25H,23-24H2,1-10H3. The van der Waals surface area contributed by atoms with Crippen LogP contribution in [0.15, 0.2) is 77.2 Å². The fourth-order valence-electron chi connectivity index (χ4n) is 8.99. The lowest BCUT2D eigenvalue weighted by molar-refractivity contribution is 0.173. The van der Waals surface area contributed by atoms with Crippen LogP contribution < -0.4 is 45.1 Å². The van der Waals surface area contributed by atoms with Crippen LogP contribution in [0.3, 0.4) is 0 Å². The highest BCUT2D eigenvalue weighted by molar-refractivity contribution is 7.01. The Labute approximate surface area is 323 Å². The highest BCUT2D eigenvalue weighted by Gasteiger charge is 2.48. The van der Waals surface area contributed by atoms with Gasteiger partial charge in [0.25, 0.3) is 6.71 Å². The lowest BCUT2D eigenvalue weighted by atomic mass is 9.33. The molecule has 1 aromatic heterocycles. The first-order chi connectivity index (χ1) is 26.2. The van der Waals surface area contributed by atoms with Crippen molar-refractivity contribution in [2.24, 2.45) is 0 Å². The number of rotatable bonds is 3. The number of aryl methyl sites for hydroxylation is 2. The van der Waals surface area contributed by atoms with E-state index in [2.05, 4.69) is 146 Å². The Bertz CT molecular complexity index is 2590. The van der Waals surface area contributed by atoms with Gasteiger partial charge >= 0.3 is 0 Å². The Morgan fingerprint density at radius 3 is 1.87 bits per heavy atom. The first-order valence-electron chi connectivity index (χ1n) is 19.5. The molecule has 8 heteroatoms. The van der Waals surface area contributed by atoms with Crippen molar-refractivity contribution < 1.29 is 23.4 Å². The van der Waals surface area contributed by atoms with E-state index in [9.17, 15) is 0 Å². The van der Waals surface area contributed by atoms with Crippen molar-refractivity contribution in [2.75, 3.05) is 23.4 Å². The topological polar surface area (TPSA) is 56.5 Å². The van der Waals surface area contributed by atoms with Crippen molar-refractivity contribution in [1.82, 2.24) is 0 Å². The molecule has 6 aromatic rings. The molecular formula is C47H47BN2O5. The van der Waals surface area contributed by atoms with Crippen molar-refractivity contribution in [3.63, 3.8) is 0 Å². The van der Waals surface area contributed by atoms with Crippen LogP contribution in [0.1, 0.15) is 89.1 Å². The first kappa shape index (κ1) is 34.0. The van der Waals surface area contributed by atoms with Gasteiger partial charge in [-0.2, -0.15) is 0 Å². The van der Waals surface area contributed by atoms with Crippen LogP contribution in [0.5, 0.6) is 23.0 Å². The van der Waals surface area contributed by atoms with Gasteiger partial charge in [0.15, 0.2) is 23.0 Å². The summed E-state index contributed by atoms with van der Waals surface area (Å²) in [5, 5.41) is 1.13. The number of benzene rings is 5. The molecular weight excluding hydrogens is 683 g/mol. The summed E-state index contributed by atoms with van der Waals surface area (Å²) < 4.78 is 31.1. The molecule has 0 atom stereocenters. The van der Waals surface area contributed by atoms with Crippen LogP contribution in [0, 0.1) is 13.8 Å². The number of anilines is 6. The molecule has 0 saturated heterocycles. The molecule has 0 saturated carbocycles. The van der Waals surface area contributed by atoms with Crippen molar-refractivity contribution in [1.29, 1.82) is 0 Å². The largest absolute Gasteiger partial charge is 0.454 e. The lowest BCUT2D eigenvalue weighted by Crippen LogP contribution is -2.61. The van der Waals surface area contributed by atoms with Gasteiger partial charge in [0, 0.05) is 40.0 Å². The van der Waals surface area contributed by atoms with E-state index in [4.69, 9.17) is 23.4 Å². The Kier molecular flexibility index (Phi) is 7.12. The molecule has 0 unspecified atom stereocenters. The first-order valence-corrected chi connectivity index (χ1v) is 19.5. The van der Waals surface area contributed by atoms with E-state index in [0.29, 0.717) is 0 Å². The number of hydrogen-bond acceptors (Lipinski definition) is 7. The molecule has 5 heterocycles. The van der Waals surface area contributed by atoms with Crippen LogP contribution in [0.2, 0.25) is 0 Å². The second kappa shape index (κ2) is 11.5. The Morgan fingerprint density at radius 1 is 0.600 bits per heavy atom. The van der Waals surface area contributed by atoms with Gasteiger partial charge in [-0.25, -0.2) is 0 Å². The maximum atomic E-state index is 7.18. The van der Waals surface area contributed by atoms with Gasteiger partial charge in [-0.3, -0.25) is 4.90 Å². The van der Waals surface area contributed by atoms with Gasteiger partial charge in [0.05, 0.1) is 11.4 Å². The summed E-state index contributed by atoms with van der Waals surface area (Å²) in [6, 6.07) is 26.9. The highest BCUT2D eigenvalue weighted by Crippen LogP contribution is 2.51. The zero-order valence-corrected chi connectivity index (χ0v) is 33.4. The second-order valence-corrected chi connectivity index (χ2v) is 18.0. The molecule has 0 amide bonds. The molecule has 0 radical (unpaired) electrons. The molecule has 5 aromatic carbocycles. The zero-order chi connectivity index (χ0) is 38.3. The van der Waals surface area contributed by atoms with E-state index in [0.717, 1.165) is 79.2 Å². The second-order valence-electron chi connectivity index (χ2n) is 18.0. The minimum Gasteiger partial charge on any atom is -0.454 e. The Morgan fingerprint density at radius 2 is 1.22 bits per heavy atom. The van der Waals surface area contributed by atoms with Crippen molar-refractivity contribution in [3.8, 4) is 23.0 Å². The van der Waals surface area contributed by atoms with E-state index < -0.39 is 0 Å². The number of ether oxygens (including phenoxy) is 4. The van der Waals surface area contributed by atoms with Crippen LogP contribution in [-0.4, -0.2) is 20.3 Å². The molecule has 278 valence electrons. The van der Waals surface area contributed by atoms with E-state index in [1.807, 2.05) is 6.07 Å². The van der Waals surface area contributed by atoms with Crippen LogP contribution >= 0.6 is 0 Å². The maximum Gasteiger partial charge on any atom is 0.257 e.